The number of ketones is 1. The number of hydrogen-bond donors (Lipinski definition) is 1. The molecule has 5 nitrogen and oxygen atoms in total. The van der Waals surface area contributed by atoms with Gasteiger partial charge in [-0.15, -0.1) is 0 Å². The molecule has 1 aliphatic rings. The number of unbranched alkanes of at least 4 members (excludes halogenated alkanes) is 8. The molecule has 1 aliphatic carbocycles. The molecule has 0 unspecified atom stereocenters. The number of ether oxygens (including phenoxy) is 2. The van der Waals surface area contributed by atoms with Crippen LogP contribution in [-0.4, -0.2) is 37.8 Å². The highest BCUT2D eigenvalue weighted by Crippen LogP contribution is 2.24. The highest BCUT2D eigenvalue weighted by Gasteiger charge is 2.23. The summed E-state index contributed by atoms with van der Waals surface area (Å²) in [5, 5.41) is 3.54. The number of allylic oxidation sites excluding steroid dienone is 1. The predicted octanol–water partition coefficient (Wildman–Crippen LogP) is 9.95. The van der Waals surface area contributed by atoms with Crippen LogP contribution in [0.5, 0.6) is 11.5 Å². The van der Waals surface area contributed by atoms with Gasteiger partial charge in [-0.3, -0.25) is 9.79 Å². The zero-order valence-corrected chi connectivity index (χ0v) is 28.9. The summed E-state index contributed by atoms with van der Waals surface area (Å²) in [6.45, 7) is 7.52. The molecule has 0 aliphatic heterocycles. The van der Waals surface area contributed by atoms with Gasteiger partial charge in [0.2, 0.25) is 5.78 Å². The number of rotatable bonds is 23. The fourth-order valence-corrected chi connectivity index (χ4v) is 5.90. The fourth-order valence-electron chi connectivity index (χ4n) is 5.90. The minimum atomic E-state index is -0.0100. The van der Waals surface area contributed by atoms with E-state index in [1.807, 2.05) is 18.2 Å². The lowest BCUT2D eigenvalue weighted by molar-refractivity contribution is -0.108. The second-order valence-corrected chi connectivity index (χ2v) is 12.6. The van der Waals surface area contributed by atoms with Crippen molar-refractivity contribution in [1.29, 1.82) is 0 Å². The maximum Gasteiger partial charge on any atom is 0.206 e. The summed E-state index contributed by atoms with van der Waals surface area (Å²) in [6, 6.07) is 25.2. The molecule has 4 rings (SSSR count). The molecule has 0 atom stereocenters. The molecule has 0 spiro atoms. The van der Waals surface area contributed by atoms with Crippen molar-refractivity contribution < 1.29 is 14.3 Å². The lowest BCUT2D eigenvalue weighted by Gasteiger charge is -2.20. The molecule has 0 saturated heterocycles. The quantitative estimate of drug-likeness (QED) is 0.105. The molecular formula is C42H56N2O3. The summed E-state index contributed by atoms with van der Waals surface area (Å²) >= 11 is 0. The molecule has 0 radical (unpaired) electrons. The number of fused-ring (bicyclic) bond motifs is 1. The van der Waals surface area contributed by atoms with Crippen LogP contribution >= 0.6 is 0 Å². The van der Waals surface area contributed by atoms with E-state index in [0.29, 0.717) is 12.3 Å². The normalized spacial score (nSPS) is 13.4. The van der Waals surface area contributed by atoms with Crippen molar-refractivity contribution in [2.45, 2.75) is 104 Å². The van der Waals surface area contributed by atoms with Crippen molar-refractivity contribution in [3.63, 3.8) is 0 Å². The van der Waals surface area contributed by atoms with E-state index in [4.69, 9.17) is 14.5 Å². The predicted molar refractivity (Wildman–Crippen MR) is 197 cm³/mol. The van der Waals surface area contributed by atoms with E-state index in [-0.39, 0.29) is 5.78 Å². The van der Waals surface area contributed by atoms with Crippen LogP contribution in [0, 0.1) is 0 Å². The fraction of sp³-hybridized carbons (Fsp3) is 0.476. The second kappa shape index (κ2) is 21.1. The molecule has 0 fully saturated rings. The molecule has 47 heavy (non-hydrogen) atoms. The molecule has 0 aromatic heterocycles. The average molecular weight is 637 g/mol. The Hall–Kier alpha value is -3.86. The third-order valence-corrected chi connectivity index (χ3v) is 8.71. The molecule has 5 heteroatoms. The van der Waals surface area contributed by atoms with E-state index in [1.165, 1.54) is 49.7 Å². The first kappa shape index (κ1) is 36.0. The maximum atomic E-state index is 13.2. The number of carbonyl (C=O) groups is 1. The van der Waals surface area contributed by atoms with E-state index in [2.05, 4.69) is 73.8 Å². The first-order valence-corrected chi connectivity index (χ1v) is 18.3. The van der Waals surface area contributed by atoms with Crippen LogP contribution in [0.25, 0.3) is 5.70 Å². The summed E-state index contributed by atoms with van der Waals surface area (Å²) in [4.78, 5) is 17.9. The van der Waals surface area contributed by atoms with Crippen LogP contribution in [0.3, 0.4) is 0 Å². The SMILES string of the molecule is CCCCCCOc1ccc(CCCCN=C2C(=O)C=C(NCCCCc3ccc(OCCCCCC)cc3)c3ccccc32)cc1. The highest BCUT2D eigenvalue weighted by atomic mass is 16.5. The van der Waals surface area contributed by atoms with Crippen molar-refractivity contribution in [1.82, 2.24) is 5.32 Å². The third-order valence-electron chi connectivity index (χ3n) is 8.71. The number of hydrogen-bond acceptors (Lipinski definition) is 5. The second-order valence-electron chi connectivity index (χ2n) is 12.6. The first-order valence-electron chi connectivity index (χ1n) is 18.3. The van der Waals surface area contributed by atoms with Crippen molar-refractivity contribution >= 4 is 17.2 Å². The lowest BCUT2D eigenvalue weighted by Crippen LogP contribution is -2.26. The number of aryl methyl sites for hydroxylation is 2. The van der Waals surface area contributed by atoms with E-state index >= 15 is 0 Å². The number of benzene rings is 3. The van der Waals surface area contributed by atoms with Crippen LogP contribution in [0.4, 0.5) is 0 Å². The van der Waals surface area contributed by atoms with Gasteiger partial charge in [0.15, 0.2) is 0 Å². The molecule has 3 aromatic carbocycles. The Kier molecular flexibility index (Phi) is 16.2. The summed E-state index contributed by atoms with van der Waals surface area (Å²) < 4.78 is 11.7. The highest BCUT2D eigenvalue weighted by molar-refractivity contribution is 6.52. The smallest absolute Gasteiger partial charge is 0.206 e. The van der Waals surface area contributed by atoms with Crippen LogP contribution in [0.15, 0.2) is 83.9 Å². The molecular weight excluding hydrogens is 580 g/mol. The number of nitrogens with zero attached hydrogens (tertiary/aromatic N) is 1. The van der Waals surface area contributed by atoms with E-state index in [9.17, 15) is 4.79 Å². The summed E-state index contributed by atoms with van der Waals surface area (Å²) in [5.41, 5.74) is 6.12. The lowest BCUT2D eigenvalue weighted by atomic mass is 9.92. The van der Waals surface area contributed by atoms with Gasteiger partial charge in [0.25, 0.3) is 0 Å². The molecule has 252 valence electrons. The summed E-state index contributed by atoms with van der Waals surface area (Å²) in [7, 11) is 0. The van der Waals surface area contributed by atoms with Crippen LogP contribution in [0.1, 0.15) is 113 Å². The molecule has 0 heterocycles. The minimum Gasteiger partial charge on any atom is -0.494 e. The van der Waals surface area contributed by atoms with Gasteiger partial charge in [0, 0.05) is 36.0 Å². The Balaban J connectivity index is 1.16. The Labute approximate surface area is 283 Å². The largest absolute Gasteiger partial charge is 0.494 e. The Bertz CT molecular complexity index is 1390. The van der Waals surface area contributed by atoms with Gasteiger partial charge in [-0.05, 0) is 86.8 Å². The van der Waals surface area contributed by atoms with Gasteiger partial charge in [0.1, 0.15) is 17.2 Å². The zero-order chi connectivity index (χ0) is 32.9. The van der Waals surface area contributed by atoms with Crippen molar-refractivity contribution in [2.24, 2.45) is 4.99 Å². The number of aliphatic imine (C=N–C) groups is 1. The van der Waals surface area contributed by atoms with Crippen molar-refractivity contribution in [3.05, 3.63) is 101 Å². The van der Waals surface area contributed by atoms with Gasteiger partial charge >= 0.3 is 0 Å². The van der Waals surface area contributed by atoms with Gasteiger partial charge in [-0.25, -0.2) is 0 Å². The van der Waals surface area contributed by atoms with Crippen LogP contribution < -0.4 is 14.8 Å². The van der Waals surface area contributed by atoms with Crippen molar-refractivity contribution in [2.75, 3.05) is 26.3 Å². The van der Waals surface area contributed by atoms with Crippen LogP contribution in [0.2, 0.25) is 0 Å². The Morgan fingerprint density at radius 2 is 1.15 bits per heavy atom. The minimum absolute atomic E-state index is 0.0100. The topological polar surface area (TPSA) is 59.9 Å². The van der Waals surface area contributed by atoms with Crippen molar-refractivity contribution in [3.8, 4) is 11.5 Å². The van der Waals surface area contributed by atoms with E-state index in [0.717, 1.165) is 99.4 Å². The van der Waals surface area contributed by atoms with Gasteiger partial charge in [0.05, 0.1) is 13.2 Å². The number of nitrogens with one attached hydrogen (secondary N) is 1. The molecule has 1 N–H and O–H groups in total. The Morgan fingerprint density at radius 3 is 1.72 bits per heavy atom. The van der Waals surface area contributed by atoms with E-state index in [1.54, 1.807) is 6.08 Å². The number of carbonyl (C=O) groups excluding carboxylic acids is 1. The monoisotopic (exact) mass is 636 g/mol. The first-order chi connectivity index (χ1) is 23.2. The third kappa shape index (κ3) is 12.7. The van der Waals surface area contributed by atoms with Gasteiger partial charge < -0.3 is 14.8 Å². The maximum absolute atomic E-state index is 13.2. The van der Waals surface area contributed by atoms with Crippen LogP contribution in [-0.2, 0) is 17.6 Å². The summed E-state index contributed by atoms with van der Waals surface area (Å²) in [6.07, 6.45) is 17.6. The van der Waals surface area contributed by atoms with E-state index < -0.39 is 0 Å². The van der Waals surface area contributed by atoms with Gasteiger partial charge in [-0.2, -0.15) is 0 Å². The molecule has 0 saturated carbocycles. The summed E-state index contributed by atoms with van der Waals surface area (Å²) in [5.74, 6) is 1.90. The zero-order valence-electron chi connectivity index (χ0n) is 28.9. The Morgan fingerprint density at radius 1 is 0.596 bits per heavy atom. The molecule has 0 amide bonds. The standard InChI is InChI=1S/C42H56N2O3/c1-3-5-7-15-31-46-36-25-21-34(22-26-36)17-11-13-29-43-40-33-41(45)42(39-20-10-9-19-38(39)40)44-30-14-12-18-35-23-27-37(28-24-35)47-32-16-8-6-4-2/h9-10,19-28,33,43H,3-8,11-18,29-32H2,1-2H3. The average Bonchev–Trinajstić information content (AvgIpc) is 3.10. The van der Waals surface area contributed by atoms with Gasteiger partial charge in [-0.1, -0.05) is 101 Å². The molecule has 0 bridgehead atoms. The molecule has 3 aromatic rings.